The van der Waals surface area contributed by atoms with E-state index in [0.29, 0.717) is 0 Å². The van der Waals surface area contributed by atoms with Crippen LogP contribution in [0.25, 0.3) is 5.57 Å². The van der Waals surface area contributed by atoms with Crippen LogP contribution in [0.2, 0.25) is 0 Å². The summed E-state index contributed by atoms with van der Waals surface area (Å²) in [5.74, 6) is 1.12. The van der Waals surface area contributed by atoms with Gasteiger partial charge in [0, 0.05) is 11.3 Å². The quantitative estimate of drug-likeness (QED) is 0.659. The predicted molar refractivity (Wildman–Crippen MR) is 64.0 cm³/mol. The number of thioether (sulfide) groups is 1. The molecular formula is C13H10OS. The van der Waals surface area contributed by atoms with Gasteiger partial charge in [-0.15, -0.1) is 11.8 Å². The molecule has 1 nitrogen and oxygen atoms in total. The van der Waals surface area contributed by atoms with Gasteiger partial charge in [0.2, 0.25) is 5.78 Å². The highest BCUT2D eigenvalue weighted by molar-refractivity contribution is 8.04. The first-order valence-corrected chi connectivity index (χ1v) is 5.95. The zero-order chi connectivity index (χ0) is 10.4. The number of hydrogen-bond donors (Lipinski definition) is 0. The molecule has 0 saturated carbocycles. The molecule has 0 N–H and O–H groups in total. The second-order valence-electron chi connectivity index (χ2n) is 3.83. The van der Waals surface area contributed by atoms with E-state index in [1.54, 1.807) is 11.8 Å². The van der Waals surface area contributed by atoms with Gasteiger partial charge in [-0.05, 0) is 24.1 Å². The van der Waals surface area contributed by atoms with Crippen LogP contribution in [0.15, 0.2) is 35.3 Å². The molecule has 0 radical (unpaired) electrons. The lowest BCUT2D eigenvalue weighted by molar-refractivity contribution is 0.104. The number of carbonyl (C=O) groups excluding carboxylic acids is 1. The molecule has 1 aliphatic carbocycles. The van der Waals surface area contributed by atoms with Crippen LogP contribution in [0.3, 0.4) is 0 Å². The van der Waals surface area contributed by atoms with Crippen molar-refractivity contribution in [2.45, 2.75) is 6.92 Å². The third-order valence-electron chi connectivity index (χ3n) is 2.77. The average molecular weight is 214 g/mol. The number of rotatable bonds is 0. The van der Waals surface area contributed by atoms with Crippen molar-refractivity contribution in [2.75, 3.05) is 5.75 Å². The van der Waals surface area contributed by atoms with Crippen LogP contribution >= 0.6 is 11.8 Å². The van der Waals surface area contributed by atoms with Crippen molar-refractivity contribution in [3.8, 4) is 0 Å². The lowest BCUT2D eigenvalue weighted by Crippen LogP contribution is -1.97. The fourth-order valence-corrected chi connectivity index (χ4v) is 2.99. The van der Waals surface area contributed by atoms with Crippen molar-refractivity contribution in [1.29, 1.82) is 0 Å². The van der Waals surface area contributed by atoms with Crippen molar-refractivity contribution in [1.82, 2.24) is 0 Å². The SMILES string of the molecule is Cc1ccc2c(c1)C(=O)C1=C2C=CCS1. The van der Waals surface area contributed by atoms with Gasteiger partial charge < -0.3 is 0 Å². The summed E-state index contributed by atoms with van der Waals surface area (Å²) in [7, 11) is 0. The normalized spacial score (nSPS) is 18.1. The third-order valence-corrected chi connectivity index (χ3v) is 3.82. The minimum atomic E-state index is 0.207. The molecule has 0 bridgehead atoms. The number of benzene rings is 1. The summed E-state index contributed by atoms with van der Waals surface area (Å²) < 4.78 is 0. The van der Waals surface area contributed by atoms with E-state index in [0.717, 1.165) is 32.9 Å². The van der Waals surface area contributed by atoms with E-state index in [1.165, 1.54) is 0 Å². The average Bonchev–Trinajstić information content (AvgIpc) is 2.54. The smallest absolute Gasteiger partial charge is 0.200 e. The number of fused-ring (bicyclic) bond motifs is 2. The Balaban J connectivity index is 2.26. The van der Waals surface area contributed by atoms with Gasteiger partial charge in [0.1, 0.15) is 0 Å². The summed E-state index contributed by atoms with van der Waals surface area (Å²) in [4.78, 5) is 13.0. The minimum Gasteiger partial charge on any atom is -0.288 e. The molecule has 3 rings (SSSR count). The number of hydrogen-bond acceptors (Lipinski definition) is 2. The summed E-state index contributed by atoms with van der Waals surface area (Å²) in [6.45, 7) is 2.02. The van der Waals surface area contributed by atoms with Gasteiger partial charge in [-0.1, -0.05) is 29.8 Å². The fourth-order valence-electron chi connectivity index (χ4n) is 2.05. The second-order valence-corrected chi connectivity index (χ2v) is 4.86. The molecule has 2 heteroatoms. The van der Waals surface area contributed by atoms with Gasteiger partial charge in [0.15, 0.2) is 0 Å². The minimum absolute atomic E-state index is 0.207. The zero-order valence-corrected chi connectivity index (χ0v) is 9.23. The molecular weight excluding hydrogens is 204 g/mol. The molecule has 0 saturated heterocycles. The van der Waals surface area contributed by atoms with Crippen molar-refractivity contribution in [3.05, 3.63) is 51.9 Å². The molecule has 0 amide bonds. The molecule has 0 atom stereocenters. The van der Waals surface area contributed by atoms with Crippen LogP contribution in [0, 0.1) is 6.92 Å². The molecule has 74 valence electrons. The Labute approximate surface area is 92.9 Å². The summed E-state index contributed by atoms with van der Waals surface area (Å²) >= 11 is 1.65. The van der Waals surface area contributed by atoms with Gasteiger partial charge in [-0.2, -0.15) is 0 Å². The third kappa shape index (κ3) is 1.21. The number of allylic oxidation sites excluding steroid dienone is 3. The van der Waals surface area contributed by atoms with E-state index in [9.17, 15) is 4.79 Å². The number of Topliss-reactive ketones (excluding diaryl/α,β-unsaturated/α-hetero) is 1. The first-order chi connectivity index (χ1) is 7.27. The number of ketones is 1. The van der Waals surface area contributed by atoms with Crippen molar-refractivity contribution in [2.24, 2.45) is 0 Å². The molecule has 1 aromatic rings. The number of carbonyl (C=O) groups is 1. The Hall–Kier alpha value is -1.28. The van der Waals surface area contributed by atoms with Crippen LogP contribution in [0.1, 0.15) is 21.5 Å². The van der Waals surface area contributed by atoms with Crippen molar-refractivity contribution >= 4 is 23.1 Å². The molecule has 1 heterocycles. The number of aryl methyl sites for hydroxylation is 1. The van der Waals surface area contributed by atoms with Crippen LogP contribution in [-0.2, 0) is 0 Å². The molecule has 1 aliphatic heterocycles. The summed E-state index contributed by atoms with van der Waals surface area (Å²) in [6, 6.07) is 6.11. The maximum Gasteiger partial charge on any atom is 0.200 e. The Morgan fingerprint density at radius 2 is 2.13 bits per heavy atom. The highest BCUT2D eigenvalue weighted by Crippen LogP contribution is 2.41. The van der Waals surface area contributed by atoms with Crippen LogP contribution in [0.5, 0.6) is 0 Å². The van der Waals surface area contributed by atoms with Gasteiger partial charge in [0.25, 0.3) is 0 Å². The van der Waals surface area contributed by atoms with E-state index in [-0.39, 0.29) is 5.78 Å². The topological polar surface area (TPSA) is 17.1 Å². The van der Waals surface area contributed by atoms with E-state index >= 15 is 0 Å². The van der Waals surface area contributed by atoms with Gasteiger partial charge >= 0.3 is 0 Å². The Bertz CT molecular complexity index is 523. The molecule has 15 heavy (non-hydrogen) atoms. The fraction of sp³-hybridized carbons (Fsp3) is 0.154. The molecule has 0 fully saturated rings. The molecule has 1 aromatic carbocycles. The van der Waals surface area contributed by atoms with Gasteiger partial charge in [0.05, 0.1) is 4.91 Å². The van der Waals surface area contributed by atoms with Crippen LogP contribution in [0.4, 0.5) is 0 Å². The predicted octanol–water partition coefficient (Wildman–Crippen LogP) is 3.21. The zero-order valence-electron chi connectivity index (χ0n) is 8.41. The monoisotopic (exact) mass is 214 g/mol. The maximum atomic E-state index is 12.1. The second kappa shape index (κ2) is 3.11. The van der Waals surface area contributed by atoms with Crippen LogP contribution < -0.4 is 0 Å². The summed E-state index contributed by atoms with van der Waals surface area (Å²) in [6.07, 6.45) is 4.19. The lowest BCUT2D eigenvalue weighted by Gasteiger charge is -2.05. The van der Waals surface area contributed by atoms with Crippen LogP contribution in [-0.4, -0.2) is 11.5 Å². The maximum absolute atomic E-state index is 12.1. The standard InChI is InChI=1S/C13H10OS/c1-8-4-5-9-10-3-2-6-15-13(10)12(14)11(9)7-8/h2-5,7H,6H2,1H3. The molecule has 2 aliphatic rings. The largest absolute Gasteiger partial charge is 0.288 e. The summed E-state index contributed by atoms with van der Waals surface area (Å²) in [5, 5.41) is 0. The Morgan fingerprint density at radius 1 is 1.27 bits per heavy atom. The molecule has 0 unspecified atom stereocenters. The molecule has 0 aromatic heterocycles. The van der Waals surface area contributed by atoms with Gasteiger partial charge in [-0.25, -0.2) is 0 Å². The Morgan fingerprint density at radius 3 is 3.00 bits per heavy atom. The lowest BCUT2D eigenvalue weighted by atomic mass is 10.0. The van der Waals surface area contributed by atoms with E-state index < -0.39 is 0 Å². The van der Waals surface area contributed by atoms with Crippen molar-refractivity contribution in [3.63, 3.8) is 0 Å². The molecule has 0 spiro atoms. The first-order valence-electron chi connectivity index (χ1n) is 4.97. The summed E-state index contributed by atoms with van der Waals surface area (Å²) in [5.41, 5.74) is 4.24. The van der Waals surface area contributed by atoms with Gasteiger partial charge in [-0.3, -0.25) is 4.79 Å². The first kappa shape index (κ1) is 8.98. The highest BCUT2D eigenvalue weighted by atomic mass is 32.2. The van der Waals surface area contributed by atoms with E-state index in [1.807, 2.05) is 13.0 Å². The van der Waals surface area contributed by atoms with E-state index in [2.05, 4.69) is 24.3 Å². The highest BCUT2D eigenvalue weighted by Gasteiger charge is 2.29. The van der Waals surface area contributed by atoms with Crippen molar-refractivity contribution < 1.29 is 4.79 Å². The Kier molecular flexibility index (Phi) is 1.86. The van der Waals surface area contributed by atoms with E-state index in [4.69, 9.17) is 0 Å².